The van der Waals surface area contributed by atoms with Crippen LogP contribution in [0.15, 0.2) is 36.4 Å². The maximum absolute atomic E-state index is 9.48. The summed E-state index contributed by atoms with van der Waals surface area (Å²) >= 11 is 0. The van der Waals surface area contributed by atoms with Gasteiger partial charge in [-0.2, -0.15) is 0 Å². The second kappa shape index (κ2) is 5.44. The fraction of sp³-hybridized carbons (Fsp3) is 0.250. The lowest BCUT2D eigenvalue weighted by molar-refractivity contribution is 0.338. The van der Waals surface area contributed by atoms with Crippen LogP contribution in [0, 0.1) is 0 Å². The van der Waals surface area contributed by atoms with Gasteiger partial charge in [0, 0.05) is 35.5 Å². The fourth-order valence-electron chi connectivity index (χ4n) is 2.41. The number of hydrogen-bond acceptors (Lipinski definition) is 5. The smallest absolute Gasteiger partial charge is 0.128 e. The van der Waals surface area contributed by atoms with E-state index in [-0.39, 0.29) is 11.8 Å². The Morgan fingerprint density at radius 2 is 1.81 bits per heavy atom. The first-order valence-corrected chi connectivity index (χ1v) is 6.65. The van der Waals surface area contributed by atoms with Gasteiger partial charge in [0.15, 0.2) is 0 Å². The quantitative estimate of drug-likeness (QED) is 0.905. The van der Waals surface area contributed by atoms with Crippen molar-refractivity contribution < 1.29 is 19.3 Å². The first-order chi connectivity index (χ1) is 10.2. The average molecular weight is 287 g/mol. The second-order valence-electron chi connectivity index (χ2n) is 4.83. The molecule has 1 atom stereocenters. The first kappa shape index (κ1) is 13.4. The van der Waals surface area contributed by atoms with E-state index in [9.17, 15) is 5.11 Å². The number of anilines is 1. The highest BCUT2D eigenvalue weighted by Crippen LogP contribution is 2.37. The zero-order valence-electron chi connectivity index (χ0n) is 11.9. The molecular formula is C16H17NO4. The molecule has 0 saturated carbocycles. The third-order valence-corrected chi connectivity index (χ3v) is 3.47. The minimum absolute atomic E-state index is 0.0254. The predicted octanol–water partition coefficient (Wildman–Crippen LogP) is 2.96. The van der Waals surface area contributed by atoms with Crippen molar-refractivity contribution in [1.29, 1.82) is 0 Å². The second-order valence-corrected chi connectivity index (χ2v) is 4.83. The molecule has 0 amide bonds. The molecule has 0 fully saturated rings. The first-order valence-electron chi connectivity index (χ1n) is 6.65. The number of hydrogen-bond donors (Lipinski definition) is 2. The van der Waals surface area contributed by atoms with E-state index >= 15 is 0 Å². The molecule has 0 radical (unpaired) electrons. The highest BCUT2D eigenvalue weighted by molar-refractivity contribution is 5.57. The Bertz CT molecular complexity index is 634. The van der Waals surface area contributed by atoms with E-state index in [2.05, 4.69) is 5.32 Å². The van der Waals surface area contributed by atoms with Gasteiger partial charge in [-0.05, 0) is 12.1 Å². The van der Waals surface area contributed by atoms with Crippen molar-refractivity contribution in [3.8, 4) is 23.0 Å². The molecule has 3 rings (SSSR count). The third kappa shape index (κ3) is 2.67. The molecule has 2 aromatic carbocycles. The van der Waals surface area contributed by atoms with Crippen LogP contribution in [0.4, 0.5) is 5.69 Å². The van der Waals surface area contributed by atoms with E-state index < -0.39 is 0 Å². The number of aromatic hydroxyl groups is 1. The molecular weight excluding hydrogens is 270 g/mol. The lowest BCUT2D eigenvalue weighted by Crippen LogP contribution is -2.12. The normalized spacial score (nSPS) is 16.0. The molecule has 110 valence electrons. The monoisotopic (exact) mass is 287 g/mol. The maximum atomic E-state index is 9.48. The zero-order valence-corrected chi connectivity index (χ0v) is 11.9. The van der Waals surface area contributed by atoms with Gasteiger partial charge in [-0.15, -0.1) is 0 Å². The molecule has 0 aliphatic carbocycles. The summed E-state index contributed by atoms with van der Waals surface area (Å²) in [5, 5.41) is 12.9. The maximum Gasteiger partial charge on any atom is 0.128 e. The Morgan fingerprint density at radius 1 is 1.10 bits per heavy atom. The summed E-state index contributed by atoms with van der Waals surface area (Å²) < 4.78 is 16.1. The van der Waals surface area contributed by atoms with E-state index in [4.69, 9.17) is 14.2 Å². The molecule has 21 heavy (non-hydrogen) atoms. The molecule has 0 saturated heterocycles. The van der Waals surface area contributed by atoms with Crippen molar-refractivity contribution in [1.82, 2.24) is 0 Å². The summed E-state index contributed by atoms with van der Waals surface area (Å²) in [5.41, 5.74) is 1.91. The summed E-state index contributed by atoms with van der Waals surface area (Å²) in [6, 6.07) is 10.8. The van der Waals surface area contributed by atoms with E-state index in [0.717, 1.165) is 22.7 Å². The van der Waals surface area contributed by atoms with Crippen LogP contribution < -0.4 is 19.5 Å². The molecule has 1 heterocycles. The van der Waals surface area contributed by atoms with Crippen LogP contribution >= 0.6 is 0 Å². The van der Waals surface area contributed by atoms with Crippen LogP contribution in [-0.2, 0) is 0 Å². The van der Waals surface area contributed by atoms with Crippen molar-refractivity contribution in [2.75, 3.05) is 26.1 Å². The van der Waals surface area contributed by atoms with Gasteiger partial charge in [0.05, 0.1) is 20.3 Å². The molecule has 2 aromatic rings. The minimum Gasteiger partial charge on any atom is -0.508 e. The summed E-state index contributed by atoms with van der Waals surface area (Å²) in [6.45, 7) is 0.512. The average Bonchev–Trinajstić information content (AvgIpc) is 2.88. The zero-order chi connectivity index (χ0) is 14.8. The third-order valence-electron chi connectivity index (χ3n) is 3.47. The van der Waals surface area contributed by atoms with Gasteiger partial charge in [0.25, 0.3) is 0 Å². The van der Waals surface area contributed by atoms with Gasteiger partial charge < -0.3 is 24.6 Å². The largest absolute Gasteiger partial charge is 0.508 e. The lowest BCUT2D eigenvalue weighted by Gasteiger charge is -2.15. The van der Waals surface area contributed by atoms with Gasteiger partial charge in [-0.3, -0.25) is 0 Å². The summed E-state index contributed by atoms with van der Waals surface area (Å²) in [4.78, 5) is 0. The van der Waals surface area contributed by atoms with Gasteiger partial charge in [-0.25, -0.2) is 0 Å². The number of ether oxygens (including phenoxy) is 3. The van der Waals surface area contributed by atoms with Crippen LogP contribution in [-0.4, -0.2) is 25.9 Å². The summed E-state index contributed by atoms with van der Waals surface area (Å²) in [7, 11) is 3.24. The Balaban J connectivity index is 1.85. The molecule has 0 spiro atoms. The molecule has 5 nitrogen and oxygen atoms in total. The number of rotatable bonds is 4. The van der Waals surface area contributed by atoms with E-state index in [1.165, 1.54) is 0 Å². The van der Waals surface area contributed by atoms with E-state index in [0.29, 0.717) is 12.4 Å². The van der Waals surface area contributed by atoms with Crippen molar-refractivity contribution in [3.05, 3.63) is 42.0 Å². The molecule has 1 aliphatic rings. The standard InChI is InChI=1S/C16H17NO4/c1-19-12-5-10(6-13(8-12)20-2)17-15-9-21-16-7-11(18)3-4-14(15)16/h3-8,15,17-18H,9H2,1-2H3. The number of benzene rings is 2. The summed E-state index contributed by atoms with van der Waals surface area (Å²) in [5.74, 6) is 2.36. The van der Waals surface area contributed by atoms with E-state index in [1.54, 1.807) is 26.4 Å². The molecule has 1 unspecified atom stereocenters. The van der Waals surface area contributed by atoms with Crippen LogP contribution in [0.1, 0.15) is 11.6 Å². The predicted molar refractivity (Wildman–Crippen MR) is 79.5 cm³/mol. The van der Waals surface area contributed by atoms with Gasteiger partial charge >= 0.3 is 0 Å². The Labute approximate surface area is 123 Å². The Hall–Kier alpha value is -2.56. The number of methoxy groups -OCH3 is 2. The number of fused-ring (bicyclic) bond motifs is 1. The van der Waals surface area contributed by atoms with Crippen molar-refractivity contribution in [2.24, 2.45) is 0 Å². The highest BCUT2D eigenvalue weighted by atomic mass is 16.5. The molecule has 2 N–H and O–H groups in total. The van der Waals surface area contributed by atoms with E-state index in [1.807, 2.05) is 24.3 Å². The van der Waals surface area contributed by atoms with Crippen LogP contribution in [0.3, 0.4) is 0 Å². The van der Waals surface area contributed by atoms with Crippen LogP contribution in [0.5, 0.6) is 23.0 Å². The minimum atomic E-state index is 0.0254. The number of phenolic OH excluding ortho intramolecular Hbond substituents is 1. The van der Waals surface area contributed by atoms with Crippen LogP contribution in [0.25, 0.3) is 0 Å². The number of nitrogens with one attached hydrogen (secondary N) is 1. The van der Waals surface area contributed by atoms with Gasteiger partial charge in [0.2, 0.25) is 0 Å². The lowest BCUT2D eigenvalue weighted by atomic mass is 10.1. The molecule has 0 bridgehead atoms. The Morgan fingerprint density at radius 3 is 2.48 bits per heavy atom. The molecule has 5 heteroatoms. The fourth-order valence-corrected chi connectivity index (χ4v) is 2.41. The summed E-state index contributed by atoms with van der Waals surface area (Å²) in [6.07, 6.45) is 0. The van der Waals surface area contributed by atoms with Crippen molar-refractivity contribution in [2.45, 2.75) is 6.04 Å². The number of phenols is 1. The molecule has 1 aliphatic heterocycles. The van der Waals surface area contributed by atoms with Crippen LogP contribution in [0.2, 0.25) is 0 Å². The van der Waals surface area contributed by atoms with Gasteiger partial charge in [-0.1, -0.05) is 0 Å². The highest BCUT2D eigenvalue weighted by Gasteiger charge is 2.24. The van der Waals surface area contributed by atoms with Crippen molar-refractivity contribution >= 4 is 5.69 Å². The van der Waals surface area contributed by atoms with Crippen molar-refractivity contribution in [3.63, 3.8) is 0 Å². The van der Waals surface area contributed by atoms with Gasteiger partial charge in [0.1, 0.15) is 29.6 Å². The Kier molecular flexibility index (Phi) is 3.48. The molecule has 0 aromatic heterocycles. The topological polar surface area (TPSA) is 60.0 Å². The SMILES string of the molecule is COc1cc(NC2COc3cc(O)ccc32)cc(OC)c1.